The van der Waals surface area contributed by atoms with Crippen LogP contribution in [0.25, 0.3) is 11.4 Å². The maximum atomic E-state index is 13.0. The minimum Gasteiger partial charge on any atom is -0.324 e. The Morgan fingerprint density at radius 1 is 1.07 bits per heavy atom. The topological polar surface area (TPSA) is 86.9 Å². The molecule has 0 bridgehead atoms. The lowest BCUT2D eigenvalue weighted by Gasteiger charge is -2.15. The number of hydrogen-bond donors (Lipinski definition) is 0. The maximum Gasteiger partial charge on any atom is 0.352 e. The molecule has 4 rings (SSSR count). The number of hydrogen-bond acceptors (Lipinski definition) is 5. The van der Waals surface area contributed by atoms with Crippen molar-refractivity contribution in [3.05, 3.63) is 104 Å². The van der Waals surface area contributed by atoms with Gasteiger partial charge in [-0.3, -0.25) is 19.1 Å². The highest BCUT2D eigenvalue weighted by atomic mass is 16.2. The summed E-state index contributed by atoms with van der Waals surface area (Å²) in [6.45, 7) is 3.93. The number of rotatable bonds is 5. The van der Waals surface area contributed by atoms with Crippen LogP contribution in [0.15, 0.2) is 70.6 Å². The van der Waals surface area contributed by atoms with E-state index in [4.69, 9.17) is 0 Å². The molecule has 2 aliphatic rings. The summed E-state index contributed by atoms with van der Waals surface area (Å²) < 4.78 is 2.63. The molecule has 0 radical (unpaired) electrons. The second kappa shape index (κ2) is 7.87. The van der Waals surface area contributed by atoms with Gasteiger partial charge < -0.3 is 4.57 Å². The van der Waals surface area contributed by atoms with Crippen LogP contribution in [0, 0.1) is 13.8 Å². The van der Waals surface area contributed by atoms with E-state index in [0.717, 1.165) is 21.3 Å². The monoisotopic (exact) mass is 400 g/mol. The van der Waals surface area contributed by atoms with Crippen molar-refractivity contribution in [2.45, 2.75) is 26.9 Å². The molecular formula is C23H20N4O3. The lowest BCUT2D eigenvalue weighted by molar-refractivity contribution is 0.0971. The van der Waals surface area contributed by atoms with E-state index in [1.165, 1.54) is 0 Å². The van der Waals surface area contributed by atoms with Gasteiger partial charge in [0.1, 0.15) is 0 Å². The number of carbonyl (C=O) groups is 1. The minimum absolute atomic E-state index is 0.0141. The molecule has 0 aliphatic carbocycles. The van der Waals surface area contributed by atoms with Gasteiger partial charge in [0.15, 0.2) is 11.6 Å². The highest BCUT2D eigenvalue weighted by Crippen LogP contribution is 2.16. The number of Topliss-reactive ketones (excluding diaryl/α,β-unsaturated/α-hetero) is 1. The van der Waals surface area contributed by atoms with E-state index in [-0.39, 0.29) is 30.3 Å². The van der Waals surface area contributed by atoms with Crippen LogP contribution < -0.4 is 11.2 Å². The van der Waals surface area contributed by atoms with Gasteiger partial charge in [0.2, 0.25) is 0 Å². The second-order valence-electron chi connectivity index (χ2n) is 7.26. The second-order valence-corrected chi connectivity index (χ2v) is 7.26. The molecule has 0 saturated carbocycles. The summed E-state index contributed by atoms with van der Waals surface area (Å²) in [5.74, 6) is 0.0897. The lowest BCUT2D eigenvalue weighted by atomic mass is 10.0. The molecule has 30 heavy (non-hydrogen) atoms. The fraction of sp³-hybridized carbons (Fsp3) is 0.174. The minimum atomic E-state index is -0.657. The Bertz CT molecular complexity index is 1320. The number of nitrogens with zero attached hydrogens (tertiary/aromatic N) is 4. The van der Waals surface area contributed by atoms with Crippen molar-refractivity contribution in [2.75, 3.05) is 0 Å². The van der Waals surface area contributed by atoms with Gasteiger partial charge in [-0.25, -0.2) is 4.79 Å². The number of pyridine rings is 2. The first-order valence-electron chi connectivity index (χ1n) is 9.53. The van der Waals surface area contributed by atoms with Crippen LogP contribution in [0.1, 0.15) is 27.0 Å². The molecule has 0 fully saturated rings. The molecule has 0 amide bonds. The van der Waals surface area contributed by atoms with Crippen molar-refractivity contribution >= 4 is 5.78 Å². The van der Waals surface area contributed by atoms with Crippen molar-refractivity contribution in [1.29, 1.82) is 0 Å². The van der Waals surface area contributed by atoms with Gasteiger partial charge in [-0.2, -0.15) is 4.98 Å². The Labute approximate surface area is 172 Å². The Hall–Kier alpha value is -3.87. The summed E-state index contributed by atoms with van der Waals surface area (Å²) in [4.78, 5) is 46.5. The quantitative estimate of drug-likeness (QED) is 0.480. The Morgan fingerprint density at radius 3 is 2.63 bits per heavy atom. The van der Waals surface area contributed by atoms with Crippen LogP contribution >= 0.6 is 0 Å². The zero-order valence-electron chi connectivity index (χ0n) is 16.7. The van der Waals surface area contributed by atoms with E-state index >= 15 is 0 Å². The van der Waals surface area contributed by atoms with E-state index < -0.39 is 11.2 Å². The lowest BCUT2D eigenvalue weighted by Crippen LogP contribution is -2.38. The van der Waals surface area contributed by atoms with Crippen molar-refractivity contribution in [3.63, 3.8) is 0 Å². The van der Waals surface area contributed by atoms with Crippen LogP contribution in [0.4, 0.5) is 0 Å². The van der Waals surface area contributed by atoms with Crippen molar-refractivity contribution in [3.8, 4) is 11.4 Å². The molecule has 0 N–H and O–H groups in total. The number of aryl methyl sites for hydroxylation is 2. The van der Waals surface area contributed by atoms with E-state index in [9.17, 15) is 14.4 Å². The molecule has 1 aromatic carbocycles. The summed E-state index contributed by atoms with van der Waals surface area (Å²) >= 11 is 0. The summed E-state index contributed by atoms with van der Waals surface area (Å²) in [6, 6.07) is 12.5. The van der Waals surface area contributed by atoms with E-state index in [1.54, 1.807) is 53.5 Å². The van der Waals surface area contributed by atoms with E-state index in [2.05, 4.69) is 9.97 Å². The summed E-state index contributed by atoms with van der Waals surface area (Å²) in [6.07, 6.45) is 4.88. The highest BCUT2D eigenvalue weighted by molar-refractivity contribution is 5.97. The molecule has 0 unspecified atom stereocenters. The molecule has 1 aromatic heterocycles. The van der Waals surface area contributed by atoms with Gasteiger partial charge >= 0.3 is 5.69 Å². The molecule has 7 nitrogen and oxygen atoms in total. The molecular weight excluding hydrogens is 380 g/mol. The fourth-order valence-electron chi connectivity index (χ4n) is 3.53. The van der Waals surface area contributed by atoms with Gasteiger partial charge in [-0.05, 0) is 43.2 Å². The average Bonchev–Trinajstić information content (AvgIpc) is 2.72. The number of ketones is 1. The summed E-state index contributed by atoms with van der Waals surface area (Å²) in [7, 11) is 0. The number of carbonyl (C=O) groups excluding carboxylic acids is 1. The first-order chi connectivity index (χ1) is 14.4. The number of aromatic nitrogens is 4. The summed E-state index contributed by atoms with van der Waals surface area (Å²) in [5.41, 5.74) is 2.49. The predicted octanol–water partition coefficient (Wildman–Crippen LogP) is 2.45. The number of fused-ring (bicyclic) bond motifs is 1. The third kappa shape index (κ3) is 3.69. The molecule has 7 heteroatoms. The van der Waals surface area contributed by atoms with E-state index in [1.807, 2.05) is 26.0 Å². The van der Waals surface area contributed by atoms with Crippen LogP contribution in [0.2, 0.25) is 0 Å². The molecule has 2 aromatic rings. The van der Waals surface area contributed by atoms with Gasteiger partial charge in [0, 0.05) is 24.2 Å². The van der Waals surface area contributed by atoms with Crippen LogP contribution in [-0.4, -0.2) is 24.9 Å². The van der Waals surface area contributed by atoms with Crippen LogP contribution in [0.5, 0.6) is 0 Å². The zero-order chi connectivity index (χ0) is 21.3. The molecule has 150 valence electrons. The average molecular weight is 400 g/mol. The normalized spacial score (nSPS) is 11.0. The third-order valence-corrected chi connectivity index (χ3v) is 5.01. The fourth-order valence-corrected chi connectivity index (χ4v) is 3.53. The molecule has 0 spiro atoms. The first-order valence-corrected chi connectivity index (χ1v) is 9.53. The predicted molar refractivity (Wildman–Crippen MR) is 113 cm³/mol. The highest BCUT2D eigenvalue weighted by Gasteiger charge is 2.19. The van der Waals surface area contributed by atoms with Crippen LogP contribution in [0.3, 0.4) is 0 Å². The molecule has 2 aliphatic heterocycles. The molecule has 3 heterocycles. The van der Waals surface area contributed by atoms with Gasteiger partial charge in [0.25, 0.3) is 5.56 Å². The maximum absolute atomic E-state index is 13.0. The Morgan fingerprint density at radius 2 is 1.90 bits per heavy atom. The smallest absolute Gasteiger partial charge is 0.324 e. The Balaban J connectivity index is 1.73. The van der Waals surface area contributed by atoms with Crippen LogP contribution in [-0.2, 0) is 13.1 Å². The molecule has 0 atom stereocenters. The first kappa shape index (κ1) is 19.4. The van der Waals surface area contributed by atoms with Gasteiger partial charge in [-0.1, -0.05) is 29.8 Å². The standard InChI is InChI=1S/C23H20N4O3/c1-15-7-8-18(16(2)11-15)20(28)14-26-10-4-6-19-21(26)25-23(30)27(22(19)29)13-17-5-3-9-24-12-17/h3-12H,13-14H2,1-2H3. The van der Waals surface area contributed by atoms with Crippen molar-refractivity contribution in [1.82, 2.24) is 19.1 Å². The van der Waals surface area contributed by atoms with Crippen molar-refractivity contribution < 1.29 is 4.79 Å². The van der Waals surface area contributed by atoms with E-state index in [0.29, 0.717) is 5.56 Å². The summed E-state index contributed by atoms with van der Waals surface area (Å²) in [5, 5.41) is 0. The number of benzene rings is 1. The SMILES string of the molecule is Cc1ccc(C(=O)Cn2cccc3c(=O)n(Cc4cccnc4)c(=O)nc2-3)c(C)c1. The van der Waals surface area contributed by atoms with Crippen molar-refractivity contribution in [2.24, 2.45) is 0 Å². The molecule has 0 saturated heterocycles. The van der Waals surface area contributed by atoms with Gasteiger partial charge in [0.05, 0.1) is 18.7 Å². The Kier molecular flexibility index (Phi) is 5.10. The largest absolute Gasteiger partial charge is 0.352 e. The zero-order valence-corrected chi connectivity index (χ0v) is 16.7. The van der Waals surface area contributed by atoms with Gasteiger partial charge in [-0.15, -0.1) is 0 Å². The third-order valence-electron chi connectivity index (χ3n) is 5.01.